The van der Waals surface area contributed by atoms with Crippen LogP contribution in [0.2, 0.25) is 0 Å². The Kier molecular flexibility index (Phi) is 5.36. The molecule has 3 rings (SSSR count). The molecule has 0 saturated heterocycles. The van der Waals surface area contributed by atoms with Gasteiger partial charge in [0.05, 0.1) is 16.2 Å². The molecule has 0 aliphatic heterocycles. The predicted molar refractivity (Wildman–Crippen MR) is 101 cm³/mol. The zero-order valence-corrected chi connectivity index (χ0v) is 16.1. The summed E-state index contributed by atoms with van der Waals surface area (Å²) in [4.78, 5) is 0.00967. The van der Waals surface area contributed by atoms with Crippen LogP contribution in [0.15, 0.2) is 65.7 Å². The molecule has 2 aromatic carbocycles. The molecule has 28 heavy (non-hydrogen) atoms. The third-order valence-electron chi connectivity index (χ3n) is 4.31. The highest BCUT2D eigenvalue weighted by atomic mass is 32.2. The fourth-order valence-electron chi connectivity index (χ4n) is 2.97. The van der Waals surface area contributed by atoms with Gasteiger partial charge in [-0.15, -0.1) is 0 Å². The van der Waals surface area contributed by atoms with Gasteiger partial charge in [-0.2, -0.15) is 13.2 Å². The molecule has 1 N–H and O–H groups in total. The fourth-order valence-corrected chi connectivity index (χ4v) is 4.36. The van der Waals surface area contributed by atoms with E-state index in [9.17, 15) is 21.6 Å². The van der Waals surface area contributed by atoms with Crippen LogP contribution < -0.4 is 5.32 Å². The summed E-state index contributed by atoms with van der Waals surface area (Å²) in [5.41, 5.74) is 0.339. The molecule has 0 saturated carbocycles. The van der Waals surface area contributed by atoms with Crippen molar-refractivity contribution in [1.29, 1.82) is 0 Å². The molecular weight excluding hydrogens is 389 g/mol. The zero-order valence-electron chi connectivity index (χ0n) is 15.3. The lowest BCUT2D eigenvalue weighted by Crippen LogP contribution is -2.15. The lowest BCUT2D eigenvalue weighted by molar-refractivity contribution is -0.137. The van der Waals surface area contributed by atoms with Gasteiger partial charge >= 0.3 is 6.18 Å². The van der Waals surface area contributed by atoms with Crippen molar-refractivity contribution in [1.82, 2.24) is 9.29 Å². The van der Waals surface area contributed by atoms with E-state index in [1.165, 1.54) is 42.6 Å². The number of aryl methyl sites for hydroxylation is 1. The summed E-state index contributed by atoms with van der Waals surface area (Å²) in [5.74, 6) is 0. The van der Waals surface area contributed by atoms with Gasteiger partial charge in [0.25, 0.3) is 10.0 Å². The topological polar surface area (TPSA) is 51.1 Å². The smallest absolute Gasteiger partial charge is 0.316 e. The summed E-state index contributed by atoms with van der Waals surface area (Å²) >= 11 is 0. The maximum atomic E-state index is 13.5. The minimum Gasteiger partial charge on any atom is -0.316 e. The van der Waals surface area contributed by atoms with Crippen molar-refractivity contribution in [3.8, 4) is 11.3 Å². The van der Waals surface area contributed by atoms with Crippen LogP contribution in [0.25, 0.3) is 11.3 Å². The average molecular weight is 408 g/mol. The Hall–Kier alpha value is -2.58. The van der Waals surface area contributed by atoms with Gasteiger partial charge in [-0.1, -0.05) is 35.9 Å². The number of nitrogens with zero attached hydrogens (tertiary/aromatic N) is 1. The maximum Gasteiger partial charge on any atom is 0.417 e. The Bertz CT molecular complexity index is 1090. The highest BCUT2D eigenvalue weighted by molar-refractivity contribution is 7.90. The van der Waals surface area contributed by atoms with Crippen LogP contribution in [-0.2, 0) is 22.7 Å². The molecule has 4 nitrogen and oxygen atoms in total. The van der Waals surface area contributed by atoms with E-state index in [4.69, 9.17) is 0 Å². The molecule has 0 atom stereocenters. The van der Waals surface area contributed by atoms with Crippen molar-refractivity contribution in [2.45, 2.75) is 24.5 Å². The highest BCUT2D eigenvalue weighted by Gasteiger charge is 2.35. The molecule has 3 aromatic rings. The third kappa shape index (κ3) is 3.83. The Morgan fingerprint density at radius 3 is 2.29 bits per heavy atom. The van der Waals surface area contributed by atoms with E-state index in [0.717, 1.165) is 15.6 Å². The van der Waals surface area contributed by atoms with Crippen molar-refractivity contribution < 1.29 is 21.6 Å². The SMILES string of the molecule is CNCc1cc(-c2ccccc2C(F)(F)F)n(S(=O)(=O)c2ccc(C)cc2)c1. The van der Waals surface area contributed by atoms with Crippen molar-refractivity contribution in [2.75, 3.05) is 7.05 Å². The number of alkyl halides is 3. The summed E-state index contributed by atoms with van der Waals surface area (Å²) in [7, 11) is -2.40. The fraction of sp³-hybridized carbons (Fsp3) is 0.200. The van der Waals surface area contributed by atoms with Crippen LogP contribution in [0.5, 0.6) is 0 Å². The van der Waals surface area contributed by atoms with E-state index < -0.39 is 21.8 Å². The first-order valence-corrected chi connectivity index (χ1v) is 9.93. The van der Waals surface area contributed by atoms with E-state index >= 15 is 0 Å². The Morgan fingerprint density at radius 1 is 1.04 bits per heavy atom. The third-order valence-corrected chi connectivity index (χ3v) is 6.00. The molecule has 0 radical (unpaired) electrons. The molecule has 1 heterocycles. The van der Waals surface area contributed by atoms with Gasteiger partial charge in [0, 0.05) is 18.3 Å². The van der Waals surface area contributed by atoms with Crippen molar-refractivity contribution >= 4 is 10.0 Å². The largest absolute Gasteiger partial charge is 0.417 e. The van der Waals surface area contributed by atoms with Gasteiger partial charge in [-0.3, -0.25) is 0 Å². The number of halogens is 3. The predicted octanol–water partition coefficient (Wildman–Crippen LogP) is 4.44. The van der Waals surface area contributed by atoms with Gasteiger partial charge < -0.3 is 5.32 Å². The molecule has 0 fully saturated rings. The molecule has 0 aliphatic carbocycles. The quantitative estimate of drug-likeness (QED) is 0.679. The number of hydrogen-bond donors (Lipinski definition) is 1. The molecule has 0 amide bonds. The lowest BCUT2D eigenvalue weighted by Gasteiger charge is -2.15. The second-order valence-electron chi connectivity index (χ2n) is 6.42. The van der Waals surface area contributed by atoms with E-state index in [2.05, 4.69) is 5.32 Å². The molecule has 0 bridgehead atoms. The van der Waals surface area contributed by atoms with Gasteiger partial charge in [0.2, 0.25) is 0 Å². The summed E-state index contributed by atoms with van der Waals surface area (Å²) in [6.07, 6.45) is -3.25. The van der Waals surface area contributed by atoms with Crippen LogP contribution in [0.1, 0.15) is 16.7 Å². The second-order valence-corrected chi connectivity index (χ2v) is 8.24. The number of rotatable bonds is 5. The molecule has 0 aliphatic rings. The van der Waals surface area contributed by atoms with E-state index in [0.29, 0.717) is 12.1 Å². The van der Waals surface area contributed by atoms with E-state index in [1.807, 2.05) is 6.92 Å². The van der Waals surface area contributed by atoms with Gasteiger partial charge in [0.15, 0.2) is 0 Å². The normalized spacial score (nSPS) is 12.3. The lowest BCUT2D eigenvalue weighted by atomic mass is 10.0. The number of aromatic nitrogens is 1. The van der Waals surface area contributed by atoms with Gasteiger partial charge in [0.1, 0.15) is 0 Å². The maximum absolute atomic E-state index is 13.5. The molecule has 8 heteroatoms. The van der Waals surface area contributed by atoms with Gasteiger partial charge in [-0.25, -0.2) is 12.4 Å². The Morgan fingerprint density at radius 2 is 1.68 bits per heavy atom. The Labute approximate surface area is 161 Å². The summed E-state index contributed by atoms with van der Waals surface area (Å²) in [6.45, 7) is 2.14. The van der Waals surface area contributed by atoms with Crippen LogP contribution in [0.3, 0.4) is 0 Å². The van der Waals surface area contributed by atoms with Crippen LogP contribution in [-0.4, -0.2) is 19.4 Å². The molecule has 0 spiro atoms. The standard InChI is InChI=1S/C20H19F3N2O2S/c1-14-7-9-16(10-8-14)28(26,27)25-13-15(12-24-2)11-19(25)17-5-3-4-6-18(17)20(21,22)23/h3-11,13,24H,12H2,1-2H3. The van der Waals surface area contributed by atoms with E-state index in [-0.39, 0.29) is 16.2 Å². The van der Waals surface area contributed by atoms with Gasteiger partial charge in [-0.05, 0) is 43.8 Å². The minimum absolute atomic E-state index is 0.00967. The summed E-state index contributed by atoms with van der Waals surface area (Å²) < 4.78 is 67.8. The van der Waals surface area contributed by atoms with Crippen molar-refractivity contribution in [3.63, 3.8) is 0 Å². The van der Waals surface area contributed by atoms with E-state index in [1.54, 1.807) is 19.2 Å². The Balaban J connectivity index is 2.26. The molecule has 148 valence electrons. The van der Waals surface area contributed by atoms with Crippen LogP contribution in [0.4, 0.5) is 13.2 Å². The van der Waals surface area contributed by atoms with Crippen molar-refractivity contribution in [2.24, 2.45) is 0 Å². The molecule has 0 unspecified atom stereocenters. The molecule has 1 aromatic heterocycles. The first kappa shape index (κ1) is 20.2. The second kappa shape index (κ2) is 7.44. The number of benzene rings is 2. The minimum atomic E-state index is -4.61. The first-order valence-electron chi connectivity index (χ1n) is 8.49. The highest BCUT2D eigenvalue weighted by Crippen LogP contribution is 2.38. The molecular formula is C20H19F3N2O2S. The van der Waals surface area contributed by atoms with Crippen LogP contribution in [0, 0.1) is 6.92 Å². The first-order chi connectivity index (χ1) is 13.1. The zero-order chi connectivity index (χ0) is 20.5. The number of hydrogen-bond acceptors (Lipinski definition) is 3. The summed E-state index contributed by atoms with van der Waals surface area (Å²) in [6, 6.07) is 12.6. The van der Waals surface area contributed by atoms with Crippen molar-refractivity contribution in [3.05, 3.63) is 77.5 Å². The monoisotopic (exact) mass is 408 g/mol. The summed E-state index contributed by atoms with van der Waals surface area (Å²) in [5, 5.41) is 2.89. The average Bonchev–Trinajstić information content (AvgIpc) is 3.06. The van der Waals surface area contributed by atoms with Crippen LogP contribution >= 0.6 is 0 Å². The number of nitrogens with one attached hydrogen (secondary N) is 1.